The van der Waals surface area contributed by atoms with Crippen LogP contribution in [0.4, 0.5) is 0 Å². The van der Waals surface area contributed by atoms with E-state index < -0.39 is 17.9 Å². The number of carbonyl (C=O) groups is 2. The fourth-order valence-corrected chi connectivity index (χ4v) is 6.72. The highest BCUT2D eigenvalue weighted by Crippen LogP contribution is 2.50. The van der Waals surface area contributed by atoms with E-state index in [9.17, 15) is 19.8 Å². The first-order chi connectivity index (χ1) is 18.6. The van der Waals surface area contributed by atoms with Crippen LogP contribution in [0, 0.1) is 13.8 Å². The van der Waals surface area contributed by atoms with Crippen molar-refractivity contribution in [2.45, 2.75) is 58.0 Å². The van der Waals surface area contributed by atoms with E-state index in [2.05, 4.69) is 13.0 Å². The van der Waals surface area contributed by atoms with E-state index in [1.807, 2.05) is 54.0 Å². The maximum absolute atomic E-state index is 13.4. The fourth-order valence-electron chi connectivity index (χ4n) is 6.72. The maximum Gasteiger partial charge on any atom is 0.317 e. The zero-order valence-corrected chi connectivity index (χ0v) is 23.2. The monoisotopic (exact) mass is 535 g/mol. The Kier molecular flexibility index (Phi) is 7.07. The van der Waals surface area contributed by atoms with Gasteiger partial charge in [-0.05, 0) is 50.5 Å². The zero-order chi connectivity index (χ0) is 28.1. The van der Waals surface area contributed by atoms with E-state index in [-0.39, 0.29) is 18.4 Å². The molecule has 2 aromatic carbocycles. The highest BCUT2D eigenvalue weighted by atomic mass is 16.5. The van der Waals surface area contributed by atoms with Crippen molar-refractivity contribution >= 4 is 11.9 Å². The molecule has 3 heterocycles. The number of carboxylic acid groups (broad SMARTS) is 1. The number of nitrogens with zero attached hydrogens (tertiary/aromatic N) is 3. The smallest absolute Gasteiger partial charge is 0.317 e. The number of ether oxygens (including phenoxy) is 2. The number of fused-ring (bicyclic) bond motifs is 3. The number of likely N-dealkylation sites (tertiary alicyclic amines) is 1. The lowest BCUT2D eigenvalue weighted by Crippen LogP contribution is -2.56. The third-order valence-electron chi connectivity index (χ3n) is 8.41. The molecular formula is C30H37N3O6. The van der Waals surface area contributed by atoms with Gasteiger partial charge in [0.15, 0.2) is 6.35 Å². The van der Waals surface area contributed by atoms with Crippen LogP contribution in [0.5, 0.6) is 11.5 Å². The number of benzene rings is 2. The Bertz CT molecular complexity index is 1310. The van der Waals surface area contributed by atoms with Gasteiger partial charge in [0.2, 0.25) is 0 Å². The number of piperidine rings is 1. The van der Waals surface area contributed by atoms with Gasteiger partial charge in [0.25, 0.3) is 5.91 Å². The Morgan fingerprint density at radius 2 is 1.69 bits per heavy atom. The molecule has 1 unspecified atom stereocenters. The minimum atomic E-state index is -1.12. The fraction of sp³-hybridized carbons (Fsp3) is 0.467. The summed E-state index contributed by atoms with van der Waals surface area (Å²) in [4.78, 5) is 30.8. The third-order valence-corrected chi connectivity index (χ3v) is 8.41. The molecule has 1 amide bonds. The predicted molar refractivity (Wildman–Crippen MR) is 146 cm³/mol. The van der Waals surface area contributed by atoms with Gasteiger partial charge in [-0.25, -0.2) is 4.90 Å². The van der Waals surface area contributed by atoms with Crippen LogP contribution in [-0.4, -0.2) is 82.5 Å². The second-order valence-corrected chi connectivity index (χ2v) is 10.9. The van der Waals surface area contributed by atoms with E-state index in [0.29, 0.717) is 43.8 Å². The molecule has 0 saturated carbocycles. The minimum Gasteiger partial charge on any atom is -0.497 e. The lowest BCUT2D eigenvalue weighted by atomic mass is 9.81. The van der Waals surface area contributed by atoms with Crippen LogP contribution in [0.15, 0.2) is 42.1 Å². The highest BCUT2D eigenvalue weighted by Gasteiger charge is 2.56. The molecule has 1 spiro atoms. The summed E-state index contributed by atoms with van der Waals surface area (Å²) in [6.45, 7) is 7.04. The number of aliphatic carboxylic acids is 1. The summed E-state index contributed by atoms with van der Waals surface area (Å²) in [5, 5.41) is 21.4. The lowest BCUT2D eigenvalue weighted by molar-refractivity contribution is -0.148. The first-order valence-corrected chi connectivity index (χ1v) is 13.4. The standard InChI is InChI=1S/C30H37N3O6/c1-18-10-19(2)12-21(11-18)28(36)31-8-6-30(7-9-31)25-13-20(3)27-22(14-23(38-4)15-24(27)39-5)16-32(25)29(37)33(30)17-26(34)35/h10-15,20,29,37H,6-9,16-17H2,1-5H3,(H,34,35)/t20-,29?/m0/s1. The van der Waals surface area contributed by atoms with E-state index in [0.717, 1.165) is 33.7 Å². The Balaban J connectivity index is 1.51. The third kappa shape index (κ3) is 4.63. The number of carboxylic acids is 1. The van der Waals surface area contributed by atoms with Crippen molar-refractivity contribution in [1.82, 2.24) is 14.7 Å². The van der Waals surface area contributed by atoms with Gasteiger partial charge < -0.3 is 29.5 Å². The van der Waals surface area contributed by atoms with Gasteiger partial charge in [-0.15, -0.1) is 0 Å². The molecule has 5 rings (SSSR count). The molecule has 9 heteroatoms. The Labute approximate surface area is 229 Å². The first-order valence-electron chi connectivity index (χ1n) is 13.4. The summed E-state index contributed by atoms with van der Waals surface area (Å²) in [5.41, 5.74) is 4.91. The molecule has 0 aliphatic carbocycles. The van der Waals surface area contributed by atoms with Crippen LogP contribution >= 0.6 is 0 Å². The van der Waals surface area contributed by atoms with Gasteiger partial charge in [-0.1, -0.05) is 30.2 Å². The van der Waals surface area contributed by atoms with E-state index in [1.54, 1.807) is 19.1 Å². The van der Waals surface area contributed by atoms with Gasteiger partial charge in [-0.3, -0.25) is 9.59 Å². The largest absolute Gasteiger partial charge is 0.497 e. The number of aryl methyl sites for hydroxylation is 2. The van der Waals surface area contributed by atoms with Crippen LogP contribution in [0.25, 0.3) is 0 Å². The molecule has 9 nitrogen and oxygen atoms in total. The number of rotatable bonds is 5. The van der Waals surface area contributed by atoms with Crippen LogP contribution in [0.1, 0.15) is 58.3 Å². The molecule has 39 heavy (non-hydrogen) atoms. The van der Waals surface area contributed by atoms with Crippen molar-refractivity contribution in [3.63, 3.8) is 0 Å². The van der Waals surface area contributed by atoms with Gasteiger partial charge in [-0.2, -0.15) is 0 Å². The number of methoxy groups -OCH3 is 2. The predicted octanol–water partition coefficient (Wildman–Crippen LogP) is 3.47. The van der Waals surface area contributed by atoms with Crippen molar-refractivity contribution in [2.75, 3.05) is 33.9 Å². The van der Waals surface area contributed by atoms with Crippen molar-refractivity contribution in [2.24, 2.45) is 0 Å². The quantitative estimate of drug-likeness (QED) is 0.600. The van der Waals surface area contributed by atoms with Crippen molar-refractivity contribution in [3.05, 3.63) is 69.9 Å². The second-order valence-electron chi connectivity index (χ2n) is 10.9. The minimum absolute atomic E-state index is 0.0238. The van der Waals surface area contributed by atoms with Gasteiger partial charge >= 0.3 is 5.97 Å². The maximum atomic E-state index is 13.4. The SMILES string of the molecule is COc1cc2c(c(OC)c1)[C@@H](C)C=C1N(C2)C(O)N(CC(=O)O)C12CCN(C(=O)c1cc(C)cc(C)c1)CC2. The molecule has 3 aliphatic heterocycles. The molecule has 0 aromatic heterocycles. The number of allylic oxidation sites excluding steroid dienone is 1. The molecule has 2 N–H and O–H groups in total. The molecule has 3 aliphatic rings. The van der Waals surface area contributed by atoms with Crippen molar-refractivity contribution in [1.29, 1.82) is 0 Å². The van der Waals surface area contributed by atoms with Crippen LogP contribution < -0.4 is 9.47 Å². The number of hydrogen-bond acceptors (Lipinski definition) is 7. The summed E-state index contributed by atoms with van der Waals surface area (Å²) in [7, 11) is 3.24. The summed E-state index contributed by atoms with van der Waals surface area (Å²) in [6, 6.07) is 9.68. The Morgan fingerprint density at radius 3 is 2.28 bits per heavy atom. The number of hydrogen-bond donors (Lipinski definition) is 2. The molecular weight excluding hydrogens is 498 g/mol. The Hall–Kier alpha value is -3.56. The summed E-state index contributed by atoms with van der Waals surface area (Å²) < 4.78 is 11.2. The van der Waals surface area contributed by atoms with E-state index >= 15 is 0 Å². The van der Waals surface area contributed by atoms with Crippen molar-refractivity contribution in [3.8, 4) is 11.5 Å². The lowest BCUT2D eigenvalue weighted by Gasteiger charge is -2.44. The van der Waals surface area contributed by atoms with Crippen LogP contribution in [0.3, 0.4) is 0 Å². The average Bonchev–Trinajstić information content (AvgIpc) is 3.01. The van der Waals surface area contributed by atoms with Gasteiger partial charge in [0.1, 0.15) is 18.0 Å². The average molecular weight is 536 g/mol. The molecule has 0 radical (unpaired) electrons. The zero-order valence-electron chi connectivity index (χ0n) is 23.2. The van der Waals surface area contributed by atoms with E-state index in [1.165, 1.54) is 0 Å². The Morgan fingerprint density at radius 1 is 1.03 bits per heavy atom. The van der Waals surface area contributed by atoms with Crippen LogP contribution in [-0.2, 0) is 11.3 Å². The normalized spacial score (nSPS) is 22.2. The number of aliphatic hydroxyl groups excluding tert-OH is 1. The highest BCUT2D eigenvalue weighted by molar-refractivity contribution is 5.94. The number of aliphatic hydroxyl groups is 1. The summed E-state index contributed by atoms with van der Waals surface area (Å²) >= 11 is 0. The van der Waals surface area contributed by atoms with Gasteiger partial charge in [0.05, 0.1) is 19.8 Å². The van der Waals surface area contributed by atoms with Gasteiger partial charge in [0, 0.05) is 48.4 Å². The molecule has 208 valence electrons. The summed E-state index contributed by atoms with van der Waals surface area (Å²) in [6.07, 6.45) is 2.04. The number of carbonyl (C=O) groups excluding carboxylic acids is 1. The molecule has 2 saturated heterocycles. The van der Waals surface area contributed by atoms with Crippen molar-refractivity contribution < 1.29 is 29.3 Å². The topological polar surface area (TPSA) is 103 Å². The molecule has 0 bridgehead atoms. The molecule has 2 atom stereocenters. The second kappa shape index (κ2) is 10.2. The van der Waals surface area contributed by atoms with E-state index in [4.69, 9.17) is 9.47 Å². The number of amides is 1. The molecule has 2 fully saturated rings. The summed E-state index contributed by atoms with van der Waals surface area (Å²) in [5.74, 6) is 0.297. The molecule has 2 aromatic rings. The first kappa shape index (κ1) is 27.0. The van der Waals surface area contributed by atoms with Crippen LogP contribution in [0.2, 0.25) is 0 Å².